The third-order valence-electron chi connectivity index (χ3n) is 3.43. The highest BCUT2D eigenvalue weighted by Crippen LogP contribution is 2.36. The summed E-state index contributed by atoms with van der Waals surface area (Å²) in [6, 6.07) is 3.52. The molecular weight excluding hydrogens is 360 g/mol. The van der Waals surface area contributed by atoms with E-state index in [0.717, 1.165) is 24.9 Å². The van der Waals surface area contributed by atoms with Crippen LogP contribution in [0.1, 0.15) is 32.3 Å². The molecule has 142 valence electrons. The van der Waals surface area contributed by atoms with E-state index in [-0.39, 0.29) is 6.61 Å². The second kappa shape index (κ2) is 9.81. The normalized spacial score (nSPS) is 10.6. The lowest BCUT2D eigenvalue weighted by molar-refractivity contribution is -0.119. The highest BCUT2D eigenvalue weighted by Gasteiger charge is 2.14. The van der Waals surface area contributed by atoms with Crippen LogP contribution in [0.5, 0.6) is 11.5 Å². The highest BCUT2D eigenvalue weighted by atomic mass is 35.5. The number of halogens is 1. The molecule has 0 spiro atoms. The molecule has 0 fully saturated rings. The molecule has 0 bridgehead atoms. The summed E-state index contributed by atoms with van der Waals surface area (Å²) in [5, 5.41) is 15.2. The van der Waals surface area contributed by atoms with Gasteiger partial charge in [-0.1, -0.05) is 30.0 Å². The monoisotopic (exact) mass is 382 g/mol. The van der Waals surface area contributed by atoms with Crippen molar-refractivity contribution in [3.05, 3.63) is 22.7 Å². The van der Waals surface area contributed by atoms with Crippen LogP contribution < -0.4 is 20.5 Å². The number of nitrogens with zero attached hydrogens (tertiary/aromatic N) is 4. The van der Waals surface area contributed by atoms with Crippen LogP contribution in [0.25, 0.3) is 0 Å². The molecule has 1 amide bonds. The lowest BCUT2D eigenvalue weighted by Gasteiger charge is -2.15. The Kier molecular flexibility index (Phi) is 7.46. The Hall–Kier alpha value is -2.55. The van der Waals surface area contributed by atoms with Gasteiger partial charge in [0.05, 0.1) is 11.6 Å². The number of nitrogens with two attached hydrogens (primary N) is 1. The molecule has 3 N–H and O–H groups in total. The van der Waals surface area contributed by atoms with E-state index in [1.165, 1.54) is 0 Å². The summed E-state index contributed by atoms with van der Waals surface area (Å²) < 4.78 is 12.7. The molecule has 0 atom stereocenters. The van der Waals surface area contributed by atoms with E-state index in [1.807, 2.05) is 6.92 Å². The van der Waals surface area contributed by atoms with E-state index in [1.54, 1.807) is 16.8 Å². The quantitative estimate of drug-likeness (QED) is 0.610. The minimum absolute atomic E-state index is 0.274. The van der Waals surface area contributed by atoms with Crippen LogP contribution in [0.3, 0.4) is 0 Å². The van der Waals surface area contributed by atoms with Crippen LogP contribution in [0.2, 0.25) is 5.02 Å². The van der Waals surface area contributed by atoms with Crippen molar-refractivity contribution in [1.82, 2.24) is 20.2 Å². The van der Waals surface area contributed by atoms with Crippen molar-refractivity contribution >= 4 is 23.5 Å². The number of hydrogen-bond donors (Lipinski definition) is 2. The lowest BCUT2D eigenvalue weighted by atomic mass is 10.2. The third-order valence-corrected chi connectivity index (χ3v) is 3.71. The first-order valence-electron chi connectivity index (χ1n) is 8.41. The van der Waals surface area contributed by atoms with Gasteiger partial charge in [-0.05, 0) is 41.5 Å². The molecule has 0 unspecified atom stereocenters. The first-order valence-corrected chi connectivity index (χ1v) is 8.79. The summed E-state index contributed by atoms with van der Waals surface area (Å²) >= 11 is 6.28. The molecule has 9 nitrogen and oxygen atoms in total. The molecule has 0 saturated heterocycles. The number of carbonyl (C=O) groups excluding carboxylic acids is 1. The Labute approximate surface area is 156 Å². The van der Waals surface area contributed by atoms with Gasteiger partial charge in [-0.25, -0.2) is 4.68 Å². The van der Waals surface area contributed by atoms with Gasteiger partial charge in [-0.2, -0.15) is 0 Å². The Balaban J connectivity index is 2.12. The number of amides is 1. The number of ether oxygens (including phenoxy) is 2. The summed E-state index contributed by atoms with van der Waals surface area (Å²) in [5.74, 6) is 0.738. The molecule has 0 aliphatic heterocycles. The van der Waals surface area contributed by atoms with Gasteiger partial charge in [-0.15, -0.1) is 0 Å². The second-order valence-electron chi connectivity index (χ2n) is 5.53. The standard InChI is InChI=1S/C16H23ClN6O3/c1-3-5-6-23-16(20-21-22-23)19-9-11-7-12(17)15(26-10-14(18)24)13(8-11)25-4-2/h7-8H,3-6,9-10H2,1-2H3,(H2,18,24)(H,19,20,22). The number of hydrogen-bond acceptors (Lipinski definition) is 7. The predicted octanol–water partition coefficient (Wildman–Crippen LogP) is 2.00. The van der Waals surface area contributed by atoms with E-state index in [0.29, 0.717) is 35.6 Å². The Bertz CT molecular complexity index is 737. The largest absolute Gasteiger partial charge is 0.490 e. The van der Waals surface area contributed by atoms with Crippen LogP contribution in [0.15, 0.2) is 12.1 Å². The van der Waals surface area contributed by atoms with E-state index in [4.69, 9.17) is 26.8 Å². The van der Waals surface area contributed by atoms with E-state index < -0.39 is 5.91 Å². The third kappa shape index (κ3) is 5.48. The van der Waals surface area contributed by atoms with Gasteiger partial charge in [0, 0.05) is 13.1 Å². The van der Waals surface area contributed by atoms with Crippen molar-refractivity contribution in [2.45, 2.75) is 39.8 Å². The Morgan fingerprint density at radius 1 is 1.35 bits per heavy atom. The van der Waals surface area contributed by atoms with Crippen molar-refractivity contribution in [3.63, 3.8) is 0 Å². The van der Waals surface area contributed by atoms with Gasteiger partial charge in [0.1, 0.15) is 0 Å². The second-order valence-corrected chi connectivity index (χ2v) is 5.93. The number of rotatable bonds is 11. The van der Waals surface area contributed by atoms with Crippen LogP contribution in [0, 0.1) is 0 Å². The number of carbonyl (C=O) groups is 1. The lowest BCUT2D eigenvalue weighted by Crippen LogP contribution is -2.20. The average molecular weight is 383 g/mol. The first-order chi connectivity index (χ1) is 12.5. The molecule has 0 radical (unpaired) electrons. The summed E-state index contributed by atoms with van der Waals surface area (Å²) in [4.78, 5) is 10.9. The van der Waals surface area contributed by atoms with Crippen molar-refractivity contribution < 1.29 is 14.3 Å². The summed E-state index contributed by atoms with van der Waals surface area (Å²) in [5.41, 5.74) is 5.97. The van der Waals surface area contributed by atoms with Gasteiger partial charge in [0.25, 0.3) is 5.91 Å². The average Bonchev–Trinajstić information content (AvgIpc) is 3.04. The minimum atomic E-state index is -0.590. The van der Waals surface area contributed by atoms with Crippen LogP contribution >= 0.6 is 11.6 Å². The van der Waals surface area contributed by atoms with E-state index >= 15 is 0 Å². The number of aromatic nitrogens is 4. The summed E-state index contributed by atoms with van der Waals surface area (Å²) in [6.07, 6.45) is 2.05. The fourth-order valence-electron chi connectivity index (χ4n) is 2.24. The summed E-state index contributed by atoms with van der Waals surface area (Å²) in [7, 11) is 0. The fourth-order valence-corrected chi connectivity index (χ4v) is 2.53. The zero-order valence-electron chi connectivity index (χ0n) is 14.9. The molecule has 1 heterocycles. The van der Waals surface area contributed by atoms with Gasteiger partial charge >= 0.3 is 0 Å². The van der Waals surface area contributed by atoms with Crippen molar-refractivity contribution in [2.24, 2.45) is 5.73 Å². The van der Waals surface area contributed by atoms with Crippen molar-refractivity contribution in [1.29, 1.82) is 0 Å². The van der Waals surface area contributed by atoms with Crippen LogP contribution in [0.4, 0.5) is 5.95 Å². The first kappa shape index (κ1) is 19.8. The zero-order valence-corrected chi connectivity index (χ0v) is 15.6. The maximum Gasteiger partial charge on any atom is 0.255 e. The maximum atomic E-state index is 10.9. The molecule has 0 aliphatic carbocycles. The smallest absolute Gasteiger partial charge is 0.255 e. The van der Waals surface area contributed by atoms with Gasteiger partial charge in [0.15, 0.2) is 18.1 Å². The van der Waals surface area contributed by atoms with Gasteiger partial charge in [0.2, 0.25) is 5.95 Å². The van der Waals surface area contributed by atoms with Crippen molar-refractivity contribution in [3.8, 4) is 11.5 Å². The molecular formula is C16H23ClN6O3. The molecule has 0 saturated carbocycles. The fraction of sp³-hybridized carbons (Fsp3) is 0.500. The van der Waals surface area contributed by atoms with E-state index in [9.17, 15) is 4.79 Å². The van der Waals surface area contributed by atoms with E-state index in [2.05, 4.69) is 27.8 Å². The topological polar surface area (TPSA) is 117 Å². The Morgan fingerprint density at radius 3 is 2.85 bits per heavy atom. The number of aryl methyl sites for hydroxylation is 1. The number of benzene rings is 1. The number of anilines is 1. The maximum absolute atomic E-state index is 10.9. The van der Waals surface area contributed by atoms with Crippen LogP contribution in [-0.2, 0) is 17.9 Å². The minimum Gasteiger partial charge on any atom is -0.490 e. The molecule has 0 aliphatic rings. The van der Waals surface area contributed by atoms with Crippen LogP contribution in [-0.4, -0.2) is 39.3 Å². The number of unbranched alkanes of at least 4 members (excludes halogenated alkanes) is 1. The number of primary amides is 1. The SMILES string of the molecule is CCCCn1nnnc1NCc1cc(Cl)c(OCC(N)=O)c(OCC)c1. The number of nitrogens with one attached hydrogen (secondary N) is 1. The molecule has 2 rings (SSSR count). The number of tetrazole rings is 1. The molecule has 10 heteroatoms. The predicted molar refractivity (Wildman–Crippen MR) is 97.4 cm³/mol. The summed E-state index contributed by atoms with van der Waals surface area (Å²) in [6.45, 7) is 5.30. The molecule has 1 aromatic carbocycles. The highest BCUT2D eigenvalue weighted by molar-refractivity contribution is 6.32. The molecule has 1 aromatic heterocycles. The zero-order chi connectivity index (χ0) is 18.9. The van der Waals surface area contributed by atoms with Gasteiger partial charge < -0.3 is 20.5 Å². The van der Waals surface area contributed by atoms with Gasteiger partial charge in [-0.3, -0.25) is 4.79 Å². The van der Waals surface area contributed by atoms with Crippen molar-refractivity contribution in [2.75, 3.05) is 18.5 Å². The molecule has 2 aromatic rings. The Morgan fingerprint density at radius 2 is 2.15 bits per heavy atom. The molecule has 26 heavy (non-hydrogen) atoms.